The van der Waals surface area contributed by atoms with Gasteiger partial charge in [-0.2, -0.15) is 0 Å². The summed E-state index contributed by atoms with van der Waals surface area (Å²) in [6, 6.07) is 6.87. The second-order valence-electron chi connectivity index (χ2n) is 5.21. The molecule has 22 heavy (non-hydrogen) atoms. The lowest BCUT2D eigenvalue weighted by Crippen LogP contribution is -2.54. The molecule has 1 saturated heterocycles. The van der Waals surface area contributed by atoms with Crippen molar-refractivity contribution < 1.29 is 24.2 Å². The zero-order valence-corrected chi connectivity index (χ0v) is 13.1. The molecule has 2 rings (SSSR count). The number of morpholine rings is 1. The molecule has 1 aliphatic rings. The van der Waals surface area contributed by atoms with Gasteiger partial charge in [0.05, 0.1) is 17.7 Å². The number of carboxylic acids is 1. The summed E-state index contributed by atoms with van der Waals surface area (Å²) in [4.78, 5) is 25.0. The van der Waals surface area contributed by atoms with E-state index in [0.717, 1.165) is 0 Å². The summed E-state index contributed by atoms with van der Waals surface area (Å²) >= 11 is 6.00. The van der Waals surface area contributed by atoms with Crippen LogP contribution in [-0.4, -0.2) is 53.3 Å². The topological polar surface area (TPSA) is 76.1 Å². The highest BCUT2D eigenvalue weighted by atomic mass is 35.5. The van der Waals surface area contributed by atoms with E-state index in [4.69, 9.17) is 26.2 Å². The van der Waals surface area contributed by atoms with E-state index >= 15 is 0 Å². The second kappa shape index (κ2) is 6.98. The number of halogens is 1. The summed E-state index contributed by atoms with van der Waals surface area (Å²) < 4.78 is 10.9. The standard InChI is InChI=1S/C15H18ClNO5/c1-9-7-17(8-13(21-9)15(19)20)14(18)10(2)22-12-6-4-3-5-11(12)16/h3-6,9-10,13H,7-8H2,1-2H3,(H,19,20)/t9-,10?,13?/m1/s1. The normalized spacial score (nSPS) is 23.0. The average molecular weight is 328 g/mol. The van der Waals surface area contributed by atoms with Gasteiger partial charge < -0.3 is 19.5 Å². The van der Waals surface area contributed by atoms with Crippen LogP contribution in [0.15, 0.2) is 24.3 Å². The zero-order chi connectivity index (χ0) is 16.3. The second-order valence-corrected chi connectivity index (χ2v) is 5.61. The van der Waals surface area contributed by atoms with Crippen molar-refractivity contribution in [2.24, 2.45) is 0 Å². The number of amides is 1. The first kappa shape index (κ1) is 16.6. The third-order valence-corrected chi connectivity index (χ3v) is 3.65. The van der Waals surface area contributed by atoms with E-state index in [1.807, 2.05) is 0 Å². The number of carboxylic acid groups (broad SMARTS) is 1. The van der Waals surface area contributed by atoms with Gasteiger partial charge >= 0.3 is 5.97 Å². The van der Waals surface area contributed by atoms with Crippen molar-refractivity contribution in [3.8, 4) is 5.75 Å². The van der Waals surface area contributed by atoms with E-state index in [1.54, 1.807) is 38.1 Å². The van der Waals surface area contributed by atoms with E-state index in [9.17, 15) is 9.59 Å². The molecule has 1 N–H and O–H groups in total. The van der Waals surface area contributed by atoms with Gasteiger partial charge in [0.2, 0.25) is 0 Å². The fourth-order valence-electron chi connectivity index (χ4n) is 2.31. The first-order valence-corrected chi connectivity index (χ1v) is 7.34. The van der Waals surface area contributed by atoms with Crippen LogP contribution in [0.3, 0.4) is 0 Å². The lowest BCUT2D eigenvalue weighted by atomic mass is 10.2. The highest BCUT2D eigenvalue weighted by Crippen LogP contribution is 2.25. The Labute approximate surface area is 133 Å². The van der Waals surface area contributed by atoms with Crippen molar-refractivity contribution in [2.75, 3.05) is 13.1 Å². The molecule has 3 atom stereocenters. The maximum Gasteiger partial charge on any atom is 0.334 e. The van der Waals surface area contributed by atoms with Gasteiger partial charge in [-0.25, -0.2) is 4.79 Å². The van der Waals surface area contributed by atoms with Gasteiger partial charge in [0.15, 0.2) is 12.2 Å². The number of carbonyl (C=O) groups is 2. The van der Waals surface area contributed by atoms with E-state index in [-0.39, 0.29) is 18.6 Å². The van der Waals surface area contributed by atoms with Crippen LogP contribution in [0.2, 0.25) is 5.02 Å². The van der Waals surface area contributed by atoms with Crippen molar-refractivity contribution in [3.05, 3.63) is 29.3 Å². The Morgan fingerprint density at radius 3 is 2.73 bits per heavy atom. The Hall–Kier alpha value is -1.79. The number of carbonyl (C=O) groups excluding carboxylic acids is 1. The fourth-order valence-corrected chi connectivity index (χ4v) is 2.49. The van der Waals surface area contributed by atoms with Crippen molar-refractivity contribution in [2.45, 2.75) is 32.2 Å². The average Bonchev–Trinajstić information content (AvgIpc) is 2.48. The highest BCUT2D eigenvalue weighted by molar-refractivity contribution is 6.32. The third-order valence-electron chi connectivity index (χ3n) is 3.34. The minimum atomic E-state index is -1.08. The minimum Gasteiger partial charge on any atom is -0.479 e. The molecule has 0 aromatic heterocycles. The van der Waals surface area contributed by atoms with Gasteiger partial charge in [-0.3, -0.25) is 4.79 Å². The van der Waals surface area contributed by atoms with Crippen molar-refractivity contribution >= 4 is 23.5 Å². The number of rotatable bonds is 4. The lowest BCUT2D eigenvalue weighted by molar-refractivity contribution is -0.168. The fraction of sp³-hybridized carbons (Fsp3) is 0.467. The number of benzene rings is 1. The number of hydrogen-bond acceptors (Lipinski definition) is 4. The third kappa shape index (κ3) is 3.90. The van der Waals surface area contributed by atoms with Gasteiger partial charge in [-0.05, 0) is 26.0 Å². The van der Waals surface area contributed by atoms with Crippen LogP contribution in [0.1, 0.15) is 13.8 Å². The van der Waals surface area contributed by atoms with E-state index in [2.05, 4.69) is 0 Å². The zero-order valence-electron chi connectivity index (χ0n) is 12.4. The molecule has 0 radical (unpaired) electrons. The number of para-hydroxylation sites is 1. The van der Waals surface area contributed by atoms with Crippen LogP contribution in [0.25, 0.3) is 0 Å². The number of nitrogens with zero attached hydrogens (tertiary/aromatic N) is 1. The summed E-state index contributed by atoms with van der Waals surface area (Å²) in [6.07, 6.45) is -2.12. The van der Waals surface area contributed by atoms with E-state index < -0.39 is 18.2 Å². The lowest BCUT2D eigenvalue weighted by Gasteiger charge is -2.36. The molecule has 0 spiro atoms. The maximum absolute atomic E-state index is 12.4. The number of hydrogen-bond donors (Lipinski definition) is 1. The van der Waals surface area contributed by atoms with Gasteiger partial charge in [0.25, 0.3) is 5.91 Å². The molecule has 1 aromatic rings. The number of ether oxygens (including phenoxy) is 2. The first-order chi connectivity index (χ1) is 10.4. The molecule has 1 aromatic carbocycles. The molecule has 7 heteroatoms. The molecule has 2 unspecified atom stereocenters. The van der Waals surface area contributed by atoms with Crippen LogP contribution in [0, 0.1) is 0 Å². The molecule has 1 amide bonds. The Morgan fingerprint density at radius 2 is 2.09 bits per heavy atom. The molecule has 120 valence electrons. The SMILES string of the molecule is CC(Oc1ccccc1Cl)C(=O)N1CC(C(=O)O)O[C@H](C)C1. The van der Waals surface area contributed by atoms with Crippen molar-refractivity contribution in [1.29, 1.82) is 0 Å². The van der Waals surface area contributed by atoms with E-state index in [0.29, 0.717) is 17.3 Å². The van der Waals surface area contributed by atoms with Gasteiger partial charge in [-0.15, -0.1) is 0 Å². The summed E-state index contributed by atoms with van der Waals surface area (Å²) in [5, 5.41) is 9.47. The molecule has 0 saturated carbocycles. The summed E-state index contributed by atoms with van der Waals surface area (Å²) in [6.45, 7) is 3.68. The first-order valence-electron chi connectivity index (χ1n) is 6.96. The molecule has 0 bridgehead atoms. The smallest absolute Gasteiger partial charge is 0.334 e. The summed E-state index contributed by atoms with van der Waals surface area (Å²) in [7, 11) is 0. The molecular weight excluding hydrogens is 310 g/mol. The molecular formula is C15H18ClNO5. The van der Waals surface area contributed by atoms with Gasteiger partial charge in [0, 0.05) is 6.54 Å². The van der Waals surface area contributed by atoms with Crippen LogP contribution in [0.5, 0.6) is 5.75 Å². The summed E-state index contributed by atoms with van der Waals surface area (Å²) in [5.74, 6) is -0.952. The summed E-state index contributed by atoms with van der Waals surface area (Å²) in [5.41, 5.74) is 0. The molecule has 0 aliphatic carbocycles. The van der Waals surface area contributed by atoms with Gasteiger partial charge in [-0.1, -0.05) is 23.7 Å². The molecule has 6 nitrogen and oxygen atoms in total. The Kier molecular flexibility index (Phi) is 5.26. The maximum atomic E-state index is 12.4. The van der Waals surface area contributed by atoms with E-state index in [1.165, 1.54) is 4.90 Å². The van der Waals surface area contributed by atoms with Crippen LogP contribution in [0.4, 0.5) is 0 Å². The van der Waals surface area contributed by atoms with Crippen molar-refractivity contribution in [1.82, 2.24) is 4.90 Å². The van der Waals surface area contributed by atoms with Crippen LogP contribution >= 0.6 is 11.6 Å². The highest BCUT2D eigenvalue weighted by Gasteiger charge is 2.34. The molecule has 1 heterocycles. The Bertz CT molecular complexity index is 565. The largest absolute Gasteiger partial charge is 0.479 e. The Balaban J connectivity index is 2.03. The van der Waals surface area contributed by atoms with Crippen LogP contribution in [-0.2, 0) is 14.3 Å². The molecule has 1 fully saturated rings. The van der Waals surface area contributed by atoms with Gasteiger partial charge in [0.1, 0.15) is 5.75 Å². The predicted molar refractivity (Wildman–Crippen MR) is 80.1 cm³/mol. The van der Waals surface area contributed by atoms with Crippen molar-refractivity contribution in [3.63, 3.8) is 0 Å². The predicted octanol–water partition coefficient (Wildman–Crippen LogP) is 1.81. The quantitative estimate of drug-likeness (QED) is 0.912. The van der Waals surface area contributed by atoms with Crippen LogP contribution < -0.4 is 4.74 Å². The minimum absolute atomic E-state index is 0.00866. The monoisotopic (exact) mass is 327 g/mol. The number of aliphatic carboxylic acids is 1. The molecule has 1 aliphatic heterocycles. The Morgan fingerprint density at radius 1 is 1.41 bits per heavy atom.